The van der Waals surface area contributed by atoms with Gasteiger partial charge < -0.3 is 4.74 Å². The third-order valence-electron chi connectivity index (χ3n) is 5.05. The van der Waals surface area contributed by atoms with Crippen molar-refractivity contribution in [1.82, 2.24) is 0 Å². The highest BCUT2D eigenvalue weighted by molar-refractivity contribution is 6.11. The molecule has 170 valence electrons. The molecule has 0 heterocycles. The fraction of sp³-hybridized carbons (Fsp3) is 0.103. The monoisotopic (exact) mass is 452 g/mol. The Hall–Kier alpha value is -4.22. The van der Waals surface area contributed by atoms with Gasteiger partial charge in [0.05, 0.1) is 17.2 Å². The first kappa shape index (κ1) is 23.0. The number of hydrogen-bond donors (Lipinski definition) is 0. The summed E-state index contributed by atoms with van der Waals surface area (Å²) in [5.74, 6) is -1.07. The van der Waals surface area contributed by atoms with E-state index in [0.717, 1.165) is 16.7 Å². The lowest BCUT2D eigenvalue weighted by molar-refractivity contribution is -0.265. The van der Waals surface area contributed by atoms with Gasteiger partial charge in [0.15, 0.2) is 0 Å². The van der Waals surface area contributed by atoms with E-state index in [1.165, 1.54) is 0 Å². The molecule has 0 unspecified atom stereocenters. The summed E-state index contributed by atoms with van der Waals surface area (Å²) in [5, 5.41) is 0. The Bertz CT molecular complexity index is 1270. The lowest BCUT2D eigenvalue weighted by atomic mass is 9.87. The van der Waals surface area contributed by atoms with Crippen molar-refractivity contribution >= 4 is 11.9 Å². The third kappa shape index (κ3) is 5.22. The van der Waals surface area contributed by atoms with Crippen LogP contribution in [0.1, 0.15) is 34.6 Å². The van der Waals surface area contributed by atoms with Crippen LogP contribution in [0, 0.1) is 0 Å². The number of carbonyl (C=O) groups is 2. The van der Waals surface area contributed by atoms with E-state index in [1.54, 1.807) is 44.2 Å². The van der Waals surface area contributed by atoms with Gasteiger partial charge in [-0.3, -0.25) is 4.89 Å². The molecule has 0 saturated carbocycles. The zero-order chi connectivity index (χ0) is 23.9. The summed E-state index contributed by atoms with van der Waals surface area (Å²) >= 11 is 0. The van der Waals surface area contributed by atoms with Crippen LogP contribution >= 0.6 is 0 Å². The number of rotatable bonds is 7. The average Bonchev–Trinajstić information content (AvgIpc) is 2.88. The second-order valence-corrected chi connectivity index (χ2v) is 7.86. The molecular formula is C29H24O5. The molecule has 0 N–H and O–H groups in total. The van der Waals surface area contributed by atoms with Gasteiger partial charge in [0.25, 0.3) is 0 Å². The number of esters is 1. The molecule has 0 fully saturated rings. The highest BCUT2D eigenvalue weighted by Gasteiger charge is 2.28. The molecule has 5 nitrogen and oxygen atoms in total. The molecule has 0 spiro atoms. The minimum atomic E-state index is -0.773. The molecule has 4 rings (SSSR count). The summed E-state index contributed by atoms with van der Waals surface area (Å²) in [6, 6.07) is 31.2. The molecule has 0 atom stereocenters. The van der Waals surface area contributed by atoms with Gasteiger partial charge in [-0.15, -0.1) is 0 Å². The minimum Gasteiger partial charge on any atom is -0.423 e. The van der Waals surface area contributed by atoms with Crippen LogP contribution < -0.4 is 4.74 Å². The predicted octanol–water partition coefficient (Wildman–Crippen LogP) is 6.74. The highest BCUT2D eigenvalue weighted by Crippen LogP contribution is 2.37. The third-order valence-corrected chi connectivity index (χ3v) is 5.05. The average molecular weight is 453 g/mol. The summed E-state index contributed by atoms with van der Waals surface area (Å²) in [6.45, 7) is 3.48. The minimum absolute atomic E-state index is 0.0557. The van der Waals surface area contributed by atoms with Gasteiger partial charge in [0.1, 0.15) is 5.75 Å². The fourth-order valence-corrected chi connectivity index (χ4v) is 3.58. The summed E-state index contributed by atoms with van der Waals surface area (Å²) in [6.07, 6.45) is -0.333. The Morgan fingerprint density at radius 3 is 1.79 bits per heavy atom. The summed E-state index contributed by atoms with van der Waals surface area (Å²) < 4.78 is 5.68. The van der Waals surface area contributed by atoms with Crippen LogP contribution in [0.4, 0.5) is 0 Å². The van der Waals surface area contributed by atoms with Crippen LogP contribution in [0.3, 0.4) is 0 Å². The molecule has 0 amide bonds. The van der Waals surface area contributed by atoms with E-state index >= 15 is 0 Å². The van der Waals surface area contributed by atoms with Crippen molar-refractivity contribution in [2.75, 3.05) is 0 Å². The molecule has 0 saturated heterocycles. The van der Waals surface area contributed by atoms with E-state index in [2.05, 4.69) is 0 Å². The molecule has 0 aliphatic heterocycles. The largest absolute Gasteiger partial charge is 0.423 e. The molecule has 0 aliphatic carbocycles. The molecular weight excluding hydrogens is 428 g/mol. The van der Waals surface area contributed by atoms with Crippen molar-refractivity contribution in [3.05, 3.63) is 114 Å². The molecule has 0 bridgehead atoms. The van der Waals surface area contributed by atoms with Crippen molar-refractivity contribution in [2.24, 2.45) is 0 Å². The van der Waals surface area contributed by atoms with Gasteiger partial charge in [0, 0.05) is 5.56 Å². The van der Waals surface area contributed by atoms with Crippen LogP contribution in [0.5, 0.6) is 5.75 Å². The van der Waals surface area contributed by atoms with E-state index in [4.69, 9.17) is 14.5 Å². The van der Waals surface area contributed by atoms with Gasteiger partial charge in [-0.2, -0.15) is 4.89 Å². The maximum absolute atomic E-state index is 13.6. The lowest BCUT2D eigenvalue weighted by Gasteiger charge is -2.18. The van der Waals surface area contributed by atoms with E-state index in [1.807, 2.05) is 72.8 Å². The standard InChI is InChI=1S/C29H24O5/c1-20(2)33-34-28(30)25-19-18-24(21-12-6-3-7-13-21)26(22-14-8-4-9-15-22)27(25)29(31)32-23-16-10-5-11-17-23/h3-20H,1-2H3. The maximum atomic E-state index is 13.6. The Morgan fingerprint density at radius 1 is 0.647 bits per heavy atom. The van der Waals surface area contributed by atoms with E-state index in [9.17, 15) is 9.59 Å². The molecule has 4 aromatic rings. The topological polar surface area (TPSA) is 61.8 Å². The first-order valence-corrected chi connectivity index (χ1v) is 11.0. The van der Waals surface area contributed by atoms with Gasteiger partial charge in [0.2, 0.25) is 0 Å². The van der Waals surface area contributed by atoms with Gasteiger partial charge >= 0.3 is 11.9 Å². The normalized spacial score (nSPS) is 10.7. The second kappa shape index (κ2) is 10.6. The molecule has 0 aliphatic rings. The van der Waals surface area contributed by atoms with Crippen molar-refractivity contribution < 1.29 is 24.1 Å². The first-order valence-electron chi connectivity index (χ1n) is 11.0. The number of hydrogen-bond acceptors (Lipinski definition) is 5. The highest BCUT2D eigenvalue weighted by atomic mass is 17.2. The molecule has 34 heavy (non-hydrogen) atoms. The van der Waals surface area contributed by atoms with Gasteiger partial charge in [-0.25, -0.2) is 9.59 Å². The zero-order valence-electron chi connectivity index (χ0n) is 18.9. The van der Waals surface area contributed by atoms with Gasteiger partial charge in [-0.05, 0) is 48.7 Å². The molecule has 4 aromatic carbocycles. The van der Waals surface area contributed by atoms with Crippen LogP contribution in [-0.4, -0.2) is 18.0 Å². The fourth-order valence-electron chi connectivity index (χ4n) is 3.58. The number of carbonyl (C=O) groups excluding carboxylic acids is 2. The van der Waals surface area contributed by atoms with Crippen LogP contribution in [0.2, 0.25) is 0 Å². The number of ether oxygens (including phenoxy) is 1. The van der Waals surface area contributed by atoms with Crippen molar-refractivity contribution in [2.45, 2.75) is 20.0 Å². The lowest BCUT2D eigenvalue weighted by Crippen LogP contribution is -2.19. The first-order chi connectivity index (χ1) is 16.5. The van der Waals surface area contributed by atoms with Crippen LogP contribution in [-0.2, 0) is 9.78 Å². The van der Waals surface area contributed by atoms with Gasteiger partial charge in [-0.1, -0.05) is 84.9 Å². The predicted molar refractivity (Wildman–Crippen MR) is 130 cm³/mol. The Kier molecular flexibility index (Phi) is 7.16. The Morgan fingerprint density at radius 2 is 1.21 bits per heavy atom. The van der Waals surface area contributed by atoms with Crippen molar-refractivity contribution in [3.63, 3.8) is 0 Å². The number of para-hydroxylation sites is 1. The smallest absolute Gasteiger partial charge is 0.373 e. The van der Waals surface area contributed by atoms with Crippen molar-refractivity contribution in [3.8, 4) is 28.0 Å². The quantitative estimate of drug-likeness (QED) is 0.135. The summed E-state index contributed by atoms with van der Waals surface area (Å²) in [7, 11) is 0. The molecule has 0 aromatic heterocycles. The van der Waals surface area contributed by atoms with E-state index in [-0.39, 0.29) is 17.2 Å². The Balaban J connectivity index is 1.94. The maximum Gasteiger partial charge on any atom is 0.373 e. The van der Waals surface area contributed by atoms with E-state index < -0.39 is 11.9 Å². The summed E-state index contributed by atoms with van der Waals surface area (Å²) in [5.41, 5.74) is 3.18. The van der Waals surface area contributed by atoms with E-state index in [0.29, 0.717) is 11.3 Å². The zero-order valence-corrected chi connectivity index (χ0v) is 18.9. The molecule has 5 heteroatoms. The number of benzene rings is 4. The van der Waals surface area contributed by atoms with Crippen molar-refractivity contribution in [1.29, 1.82) is 0 Å². The SMILES string of the molecule is CC(C)OOC(=O)c1ccc(-c2ccccc2)c(-c2ccccc2)c1C(=O)Oc1ccccc1. The Labute approximate surface area is 198 Å². The van der Waals surface area contributed by atoms with Crippen LogP contribution in [0.15, 0.2) is 103 Å². The van der Waals surface area contributed by atoms with Crippen LogP contribution in [0.25, 0.3) is 22.3 Å². The molecule has 0 radical (unpaired) electrons. The summed E-state index contributed by atoms with van der Waals surface area (Å²) in [4.78, 5) is 36.7. The second-order valence-electron chi connectivity index (χ2n) is 7.86.